The average molecular weight is 273 g/mol. The minimum atomic E-state index is -2.10. The van der Waals surface area contributed by atoms with E-state index in [2.05, 4.69) is 20.3 Å². The lowest BCUT2D eigenvalue weighted by Crippen LogP contribution is -2.31. The summed E-state index contributed by atoms with van der Waals surface area (Å²) in [6.07, 6.45) is 4.31. The summed E-state index contributed by atoms with van der Waals surface area (Å²) in [5.74, 6) is 0. The van der Waals surface area contributed by atoms with Crippen LogP contribution in [0.5, 0.6) is 0 Å². The number of hydrogen-bond acceptors (Lipinski definition) is 4. The van der Waals surface area contributed by atoms with Gasteiger partial charge < -0.3 is 10.3 Å². The summed E-state index contributed by atoms with van der Waals surface area (Å²) in [5, 5.41) is 5.85. The van der Waals surface area contributed by atoms with Crippen molar-refractivity contribution in [2.75, 3.05) is 6.54 Å². The van der Waals surface area contributed by atoms with Crippen LogP contribution in [0.15, 0.2) is 24.0 Å². The molecule has 0 aliphatic carbocycles. The predicted molar refractivity (Wildman–Crippen MR) is 76.5 cm³/mol. The van der Waals surface area contributed by atoms with Crippen molar-refractivity contribution >= 4 is 21.4 Å². The van der Waals surface area contributed by atoms with E-state index in [-0.39, 0.29) is 6.04 Å². The molecular weight excluding hydrogens is 256 g/mol. The number of rotatable bonds is 1. The highest BCUT2D eigenvalue weighted by atomic mass is 32.1. The van der Waals surface area contributed by atoms with Gasteiger partial charge in [0.05, 0.1) is 23.8 Å². The highest BCUT2D eigenvalue weighted by Gasteiger charge is 2.25. The van der Waals surface area contributed by atoms with E-state index in [9.17, 15) is 0 Å². The van der Waals surface area contributed by atoms with E-state index in [4.69, 9.17) is 4.11 Å². The second-order valence-corrected chi connectivity index (χ2v) is 5.57. The molecule has 3 aromatic rings. The molecule has 1 aliphatic heterocycles. The molecule has 0 spiro atoms. The normalized spacial score (nSPS) is 21.7. The first-order valence-corrected chi connectivity index (χ1v) is 7.05. The fraction of sp³-hybridized carbons (Fsp3) is 0.286. The summed E-state index contributed by atoms with van der Waals surface area (Å²) in [6, 6.07) is 1.93. The minimum absolute atomic E-state index is 0.0438. The van der Waals surface area contributed by atoms with Crippen molar-refractivity contribution in [2.24, 2.45) is 0 Å². The van der Waals surface area contributed by atoms with Crippen LogP contribution in [0.1, 0.15) is 32.8 Å². The Kier molecular flexibility index (Phi) is 1.84. The molecule has 4 heterocycles. The third-order valence-corrected chi connectivity index (χ3v) is 4.47. The number of thiophene rings is 1. The van der Waals surface area contributed by atoms with Crippen LogP contribution in [0.25, 0.3) is 10.1 Å². The van der Waals surface area contributed by atoms with E-state index < -0.39 is 6.85 Å². The number of imidazole rings is 1. The van der Waals surface area contributed by atoms with Crippen LogP contribution < -0.4 is 5.32 Å². The van der Waals surface area contributed by atoms with Gasteiger partial charge in [-0.25, -0.2) is 4.98 Å². The van der Waals surface area contributed by atoms with E-state index in [0.29, 0.717) is 10.9 Å². The number of fused-ring (bicyclic) bond motifs is 2. The van der Waals surface area contributed by atoms with Gasteiger partial charge in [-0.1, -0.05) is 0 Å². The largest absolute Gasteiger partial charge is 0.348 e. The Hall–Kier alpha value is -1.72. The first kappa shape index (κ1) is 8.45. The molecule has 3 aromatic heterocycles. The third-order valence-electron chi connectivity index (χ3n) is 3.53. The molecule has 4 rings (SSSR count). The molecule has 0 amide bonds. The van der Waals surface area contributed by atoms with Crippen LogP contribution in [-0.2, 0) is 6.42 Å². The van der Waals surface area contributed by atoms with Gasteiger partial charge in [-0.2, -0.15) is 0 Å². The van der Waals surface area contributed by atoms with Gasteiger partial charge in [0.15, 0.2) is 0 Å². The molecule has 0 radical (unpaired) electrons. The van der Waals surface area contributed by atoms with Gasteiger partial charge >= 0.3 is 0 Å². The van der Waals surface area contributed by atoms with E-state index in [1.807, 2.05) is 6.07 Å². The van der Waals surface area contributed by atoms with Crippen LogP contribution in [0, 0.1) is 6.85 Å². The summed E-state index contributed by atoms with van der Waals surface area (Å²) in [7, 11) is 0. The summed E-state index contributed by atoms with van der Waals surface area (Å²) in [6.45, 7) is -1.23. The van der Waals surface area contributed by atoms with Gasteiger partial charge in [0.25, 0.3) is 0 Å². The molecule has 1 unspecified atom stereocenters. The smallest absolute Gasteiger partial charge is 0.0944 e. The van der Waals surface area contributed by atoms with Crippen LogP contribution >= 0.6 is 11.3 Å². The maximum absolute atomic E-state index is 7.58. The van der Waals surface area contributed by atoms with Crippen LogP contribution in [0.4, 0.5) is 0 Å². The predicted octanol–water partition coefficient (Wildman–Crippen LogP) is 2.56. The molecule has 96 valence electrons. The lowest BCUT2D eigenvalue weighted by molar-refractivity contribution is 0.544. The first-order chi connectivity index (χ1) is 10.5. The Morgan fingerprint density at radius 3 is 3.42 bits per heavy atom. The molecule has 1 atom stereocenters. The molecule has 0 saturated carbocycles. The van der Waals surface area contributed by atoms with Crippen LogP contribution in [-0.4, -0.2) is 21.5 Å². The Labute approximate surface area is 119 Å². The van der Waals surface area contributed by atoms with Crippen LogP contribution in [0.3, 0.4) is 0 Å². The first-order valence-electron chi connectivity index (χ1n) is 7.67. The Morgan fingerprint density at radius 1 is 1.47 bits per heavy atom. The average Bonchev–Trinajstić information content (AvgIpc) is 3.11. The summed E-state index contributed by atoms with van der Waals surface area (Å²) >= 11 is 1.45. The summed E-state index contributed by atoms with van der Waals surface area (Å²) in [4.78, 5) is 12.1. The molecule has 2 N–H and O–H groups in total. The maximum atomic E-state index is 7.58. The molecule has 1 aliphatic rings. The Morgan fingerprint density at radius 2 is 2.47 bits per heavy atom. The molecule has 5 heteroatoms. The van der Waals surface area contributed by atoms with Gasteiger partial charge in [-0.3, -0.25) is 4.98 Å². The number of aromatic amines is 1. The van der Waals surface area contributed by atoms with Crippen molar-refractivity contribution < 1.29 is 4.11 Å². The quantitative estimate of drug-likeness (QED) is 0.716. The van der Waals surface area contributed by atoms with E-state index in [1.54, 1.807) is 17.9 Å². The molecule has 0 saturated heterocycles. The zero-order valence-electron chi connectivity index (χ0n) is 13.1. The van der Waals surface area contributed by atoms with E-state index in [0.717, 1.165) is 34.7 Å². The van der Waals surface area contributed by atoms with Crippen molar-refractivity contribution in [3.8, 4) is 0 Å². The van der Waals surface area contributed by atoms with Crippen molar-refractivity contribution in [1.82, 2.24) is 20.3 Å². The molecule has 4 nitrogen and oxygen atoms in total. The minimum Gasteiger partial charge on any atom is -0.348 e. The lowest BCUT2D eigenvalue weighted by atomic mass is 10.0. The van der Waals surface area contributed by atoms with Crippen molar-refractivity contribution in [3.05, 3.63) is 46.6 Å². The number of nitrogens with one attached hydrogen (secondary N) is 2. The maximum Gasteiger partial charge on any atom is 0.0944 e. The molecule has 0 aromatic carbocycles. The standard InChI is InChI=1S/C14H14N4S/c1-8-6-19-12-4-11(16-5-9(8)12)14-13-10(2-3-15-14)17-7-18-13/h4-7,14-15H,2-3H2,1H3,(H,17,18)/i1D3. The van der Waals surface area contributed by atoms with Gasteiger partial charge in [-0.05, 0) is 23.9 Å². The highest BCUT2D eigenvalue weighted by molar-refractivity contribution is 7.17. The Bertz CT molecular complexity index is 836. The molecular formula is C14H14N4S. The second-order valence-electron chi connectivity index (χ2n) is 4.66. The Balaban J connectivity index is 1.79. The van der Waals surface area contributed by atoms with Crippen molar-refractivity contribution in [1.29, 1.82) is 0 Å². The zero-order valence-corrected chi connectivity index (χ0v) is 10.9. The number of aryl methyl sites for hydroxylation is 1. The van der Waals surface area contributed by atoms with Gasteiger partial charge in [0.2, 0.25) is 0 Å². The SMILES string of the molecule is [2H]C([2H])([2H])c1csc2cc(C3NCCc4[nH]cnc43)ncc12. The topological polar surface area (TPSA) is 53.6 Å². The van der Waals surface area contributed by atoms with Gasteiger partial charge in [-0.15, -0.1) is 11.3 Å². The van der Waals surface area contributed by atoms with Gasteiger partial charge in [0, 0.05) is 39.1 Å². The fourth-order valence-corrected chi connectivity index (χ4v) is 3.41. The van der Waals surface area contributed by atoms with Crippen LogP contribution in [0.2, 0.25) is 0 Å². The van der Waals surface area contributed by atoms with Gasteiger partial charge in [0.1, 0.15) is 0 Å². The monoisotopic (exact) mass is 273 g/mol. The third kappa shape index (κ3) is 1.69. The number of hydrogen-bond donors (Lipinski definition) is 2. The fourth-order valence-electron chi connectivity index (χ4n) is 2.56. The lowest BCUT2D eigenvalue weighted by Gasteiger charge is -2.22. The molecule has 0 bridgehead atoms. The summed E-state index contributed by atoms with van der Waals surface area (Å²) < 4.78 is 23.7. The summed E-state index contributed by atoms with van der Waals surface area (Å²) in [5.41, 5.74) is 3.37. The molecule has 0 fully saturated rings. The van der Waals surface area contributed by atoms with Crippen molar-refractivity contribution in [3.63, 3.8) is 0 Å². The van der Waals surface area contributed by atoms with Crippen molar-refractivity contribution in [2.45, 2.75) is 19.3 Å². The second kappa shape index (κ2) is 4.15. The van der Waals surface area contributed by atoms with E-state index in [1.165, 1.54) is 11.3 Å². The number of pyridine rings is 1. The molecule has 19 heavy (non-hydrogen) atoms. The zero-order chi connectivity index (χ0) is 15.3. The van der Waals surface area contributed by atoms with E-state index >= 15 is 0 Å². The number of nitrogens with zero attached hydrogens (tertiary/aromatic N) is 2. The highest BCUT2D eigenvalue weighted by Crippen LogP contribution is 2.30. The number of H-pyrrole nitrogens is 1. The number of aromatic nitrogens is 3.